The van der Waals surface area contributed by atoms with Crippen molar-refractivity contribution in [3.05, 3.63) is 35.6 Å². The molecule has 0 amide bonds. The summed E-state index contributed by atoms with van der Waals surface area (Å²) in [6, 6.07) is 7.04. The zero-order valence-electron chi connectivity index (χ0n) is 9.75. The van der Waals surface area contributed by atoms with Crippen LogP contribution in [0.1, 0.15) is 5.56 Å². The lowest BCUT2D eigenvalue weighted by molar-refractivity contribution is 0.225. The molecule has 0 bridgehead atoms. The van der Waals surface area contributed by atoms with Gasteiger partial charge in [-0.2, -0.15) is 0 Å². The van der Waals surface area contributed by atoms with Gasteiger partial charge >= 0.3 is 0 Å². The summed E-state index contributed by atoms with van der Waals surface area (Å²) in [7, 11) is 2.11. The monoisotopic (exact) mass is 222 g/mol. The fourth-order valence-corrected chi connectivity index (χ4v) is 2.02. The van der Waals surface area contributed by atoms with E-state index in [1.807, 2.05) is 12.1 Å². The lowest BCUT2D eigenvalue weighted by Crippen LogP contribution is -2.47. The van der Waals surface area contributed by atoms with Crippen molar-refractivity contribution in [2.45, 2.75) is 6.42 Å². The molecule has 16 heavy (non-hydrogen) atoms. The van der Waals surface area contributed by atoms with Gasteiger partial charge in [-0.05, 0) is 31.0 Å². The van der Waals surface area contributed by atoms with Crippen molar-refractivity contribution in [1.82, 2.24) is 10.2 Å². The third-order valence-electron chi connectivity index (χ3n) is 3.16. The second kappa shape index (κ2) is 5.41. The van der Waals surface area contributed by atoms with Crippen molar-refractivity contribution in [3.8, 4) is 0 Å². The fourth-order valence-electron chi connectivity index (χ4n) is 2.02. The Morgan fingerprint density at radius 2 is 2.12 bits per heavy atom. The Labute approximate surface area is 96.5 Å². The Hall–Kier alpha value is -0.930. The Morgan fingerprint density at radius 3 is 2.75 bits per heavy atom. The minimum atomic E-state index is -0.0822. The van der Waals surface area contributed by atoms with Gasteiger partial charge in [0.05, 0.1) is 0 Å². The molecule has 1 fully saturated rings. The van der Waals surface area contributed by atoms with E-state index < -0.39 is 0 Å². The van der Waals surface area contributed by atoms with E-state index in [1.54, 1.807) is 6.07 Å². The average molecular weight is 222 g/mol. The van der Waals surface area contributed by atoms with Gasteiger partial charge in [0, 0.05) is 26.2 Å². The van der Waals surface area contributed by atoms with E-state index in [9.17, 15) is 4.39 Å². The van der Waals surface area contributed by atoms with Gasteiger partial charge in [0.2, 0.25) is 0 Å². The average Bonchev–Trinajstić information content (AvgIpc) is 2.22. The minimum absolute atomic E-state index is 0.0822. The molecular weight excluding hydrogens is 203 g/mol. The molecule has 1 aliphatic heterocycles. The third-order valence-corrected chi connectivity index (χ3v) is 3.16. The maximum Gasteiger partial charge on any atom is 0.126 e. The molecule has 1 saturated heterocycles. The zero-order valence-corrected chi connectivity index (χ0v) is 9.75. The highest BCUT2D eigenvalue weighted by Gasteiger charge is 2.18. The number of nitrogens with zero attached hydrogens (tertiary/aromatic N) is 1. The molecule has 1 aromatic rings. The summed E-state index contributed by atoms with van der Waals surface area (Å²) in [4.78, 5) is 2.29. The van der Waals surface area contributed by atoms with Crippen LogP contribution in [0.25, 0.3) is 0 Å². The maximum absolute atomic E-state index is 13.4. The molecule has 0 unspecified atom stereocenters. The predicted molar refractivity (Wildman–Crippen MR) is 64.0 cm³/mol. The van der Waals surface area contributed by atoms with Crippen LogP contribution in [-0.4, -0.2) is 38.1 Å². The second-order valence-corrected chi connectivity index (χ2v) is 4.63. The van der Waals surface area contributed by atoms with Crippen molar-refractivity contribution in [3.63, 3.8) is 0 Å². The number of nitrogens with one attached hydrogen (secondary N) is 1. The first-order chi connectivity index (χ1) is 7.75. The molecule has 1 aliphatic rings. The molecule has 2 nitrogen and oxygen atoms in total. The van der Waals surface area contributed by atoms with Crippen molar-refractivity contribution < 1.29 is 4.39 Å². The van der Waals surface area contributed by atoms with Gasteiger partial charge in [0.15, 0.2) is 0 Å². The van der Waals surface area contributed by atoms with Gasteiger partial charge in [0.25, 0.3) is 0 Å². The standard InChI is InChI=1S/C13H19FN2/c1-16(10-11-8-15-9-11)7-6-12-4-2-3-5-13(12)14/h2-5,11,15H,6-10H2,1H3. The van der Waals surface area contributed by atoms with E-state index in [1.165, 1.54) is 6.07 Å². The smallest absolute Gasteiger partial charge is 0.126 e. The molecular formula is C13H19FN2. The van der Waals surface area contributed by atoms with E-state index >= 15 is 0 Å². The van der Waals surface area contributed by atoms with Crippen LogP contribution in [0.15, 0.2) is 24.3 Å². The Morgan fingerprint density at radius 1 is 1.38 bits per heavy atom. The molecule has 88 valence electrons. The number of hydrogen-bond acceptors (Lipinski definition) is 2. The van der Waals surface area contributed by atoms with Crippen LogP contribution in [0.4, 0.5) is 4.39 Å². The van der Waals surface area contributed by atoms with E-state index in [0.717, 1.165) is 44.1 Å². The first kappa shape index (κ1) is 11.6. The highest BCUT2D eigenvalue weighted by atomic mass is 19.1. The zero-order chi connectivity index (χ0) is 11.4. The Bertz CT molecular complexity index is 336. The molecule has 0 spiro atoms. The van der Waals surface area contributed by atoms with E-state index in [4.69, 9.17) is 0 Å². The van der Waals surface area contributed by atoms with Crippen molar-refractivity contribution in [1.29, 1.82) is 0 Å². The molecule has 0 radical (unpaired) electrons. The summed E-state index contributed by atoms with van der Waals surface area (Å²) < 4.78 is 13.4. The van der Waals surface area contributed by atoms with Crippen LogP contribution in [0.2, 0.25) is 0 Å². The number of rotatable bonds is 5. The lowest BCUT2D eigenvalue weighted by atomic mass is 10.0. The van der Waals surface area contributed by atoms with Gasteiger partial charge in [0.1, 0.15) is 5.82 Å². The van der Waals surface area contributed by atoms with E-state index in [2.05, 4.69) is 17.3 Å². The van der Waals surface area contributed by atoms with Crippen LogP contribution in [0.3, 0.4) is 0 Å². The Kier molecular flexibility index (Phi) is 3.91. The summed E-state index contributed by atoms with van der Waals surface area (Å²) in [6.45, 7) is 4.30. The molecule has 0 aliphatic carbocycles. The molecule has 2 rings (SSSR count). The highest BCUT2D eigenvalue weighted by Crippen LogP contribution is 2.09. The van der Waals surface area contributed by atoms with E-state index in [-0.39, 0.29) is 5.82 Å². The number of benzene rings is 1. The normalized spacial score (nSPS) is 16.4. The molecule has 3 heteroatoms. The largest absolute Gasteiger partial charge is 0.316 e. The first-order valence-electron chi connectivity index (χ1n) is 5.88. The molecule has 0 atom stereocenters. The van der Waals surface area contributed by atoms with Crippen molar-refractivity contribution >= 4 is 0 Å². The number of hydrogen-bond donors (Lipinski definition) is 1. The van der Waals surface area contributed by atoms with Crippen molar-refractivity contribution in [2.75, 3.05) is 33.2 Å². The SMILES string of the molecule is CN(CCc1ccccc1F)CC1CNC1. The summed E-state index contributed by atoms with van der Waals surface area (Å²) in [5.74, 6) is 0.701. The summed E-state index contributed by atoms with van der Waals surface area (Å²) in [5.41, 5.74) is 0.820. The maximum atomic E-state index is 13.4. The second-order valence-electron chi connectivity index (χ2n) is 4.63. The topological polar surface area (TPSA) is 15.3 Å². The van der Waals surface area contributed by atoms with Crippen LogP contribution in [0, 0.1) is 11.7 Å². The van der Waals surface area contributed by atoms with Gasteiger partial charge in [-0.25, -0.2) is 4.39 Å². The molecule has 1 N–H and O–H groups in total. The minimum Gasteiger partial charge on any atom is -0.316 e. The van der Waals surface area contributed by atoms with Crippen LogP contribution in [-0.2, 0) is 6.42 Å². The van der Waals surface area contributed by atoms with Crippen molar-refractivity contribution in [2.24, 2.45) is 5.92 Å². The van der Waals surface area contributed by atoms with Gasteiger partial charge in [-0.3, -0.25) is 0 Å². The molecule has 0 aromatic heterocycles. The van der Waals surface area contributed by atoms with Crippen LogP contribution in [0.5, 0.6) is 0 Å². The number of halogens is 1. The molecule has 1 aromatic carbocycles. The third kappa shape index (κ3) is 3.03. The summed E-state index contributed by atoms with van der Waals surface area (Å²) in [5, 5.41) is 3.26. The van der Waals surface area contributed by atoms with Gasteiger partial charge < -0.3 is 10.2 Å². The molecule has 0 saturated carbocycles. The number of likely N-dealkylation sites (N-methyl/N-ethyl adjacent to an activating group) is 1. The fraction of sp³-hybridized carbons (Fsp3) is 0.538. The van der Waals surface area contributed by atoms with Crippen LogP contribution < -0.4 is 5.32 Å². The summed E-state index contributed by atoms with van der Waals surface area (Å²) in [6.07, 6.45) is 0.795. The highest BCUT2D eigenvalue weighted by molar-refractivity contribution is 5.17. The van der Waals surface area contributed by atoms with Gasteiger partial charge in [-0.15, -0.1) is 0 Å². The van der Waals surface area contributed by atoms with Gasteiger partial charge in [-0.1, -0.05) is 18.2 Å². The van der Waals surface area contributed by atoms with E-state index in [0.29, 0.717) is 0 Å². The first-order valence-corrected chi connectivity index (χ1v) is 5.88. The van der Waals surface area contributed by atoms with Crippen LogP contribution >= 0.6 is 0 Å². The predicted octanol–water partition coefficient (Wildman–Crippen LogP) is 1.52. The Balaban J connectivity index is 1.75. The summed E-state index contributed by atoms with van der Waals surface area (Å²) >= 11 is 0. The quantitative estimate of drug-likeness (QED) is 0.812. The molecule has 1 heterocycles. The lowest BCUT2D eigenvalue weighted by Gasteiger charge is -2.31.